The van der Waals surface area contributed by atoms with E-state index in [2.05, 4.69) is 6.92 Å². The van der Waals surface area contributed by atoms with Crippen molar-refractivity contribution in [3.63, 3.8) is 0 Å². The molecule has 0 unspecified atom stereocenters. The minimum absolute atomic E-state index is 0.941. The highest BCUT2D eigenvalue weighted by Crippen LogP contribution is 2.10. The maximum atomic E-state index is 8.52. The van der Waals surface area contributed by atoms with E-state index >= 15 is 0 Å². The Balaban J connectivity index is 0. The van der Waals surface area contributed by atoms with Crippen molar-refractivity contribution < 1.29 is 29.5 Å². The van der Waals surface area contributed by atoms with Crippen molar-refractivity contribution >= 4 is 0 Å². The summed E-state index contributed by atoms with van der Waals surface area (Å²) in [6.45, 7) is 3.21. The summed E-state index contributed by atoms with van der Waals surface area (Å²) in [6.07, 6.45) is 14.0. The van der Waals surface area contributed by atoms with Gasteiger partial charge in [0.25, 0.3) is 10.8 Å². The van der Waals surface area contributed by atoms with E-state index in [1.807, 2.05) is 0 Å². The Bertz CT molecular complexity index is 119. The normalized spacial score (nSPS) is 10.3. The third-order valence-corrected chi connectivity index (χ3v) is 2.70. The van der Waals surface area contributed by atoms with Crippen molar-refractivity contribution in [3.8, 4) is 0 Å². The highest BCUT2D eigenvalue weighted by molar-refractivity contribution is 4.46. The van der Waals surface area contributed by atoms with Gasteiger partial charge >= 0.3 is 0 Å². The van der Waals surface area contributed by atoms with Crippen molar-refractivity contribution in [1.82, 2.24) is 0 Å². The summed E-state index contributed by atoms with van der Waals surface area (Å²) in [4.78, 5) is 0. The van der Waals surface area contributed by atoms with Crippen LogP contribution in [0, 0.1) is 10.8 Å². The highest BCUT2D eigenvalue weighted by Gasteiger charge is 1.91. The van der Waals surface area contributed by atoms with Crippen LogP contribution in [0.2, 0.25) is 0 Å². The molecule has 0 aromatic carbocycles. The molecule has 0 aromatic rings. The molecule has 4 nitrogen and oxygen atoms in total. The van der Waals surface area contributed by atoms with E-state index in [-0.39, 0.29) is 0 Å². The molecule has 0 saturated carbocycles. The molecule has 0 aliphatic heterocycles. The molecule has 5 heteroatoms. The number of rotatable bonds is 11. The van der Waals surface area contributed by atoms with Crippen LogP contribution in [0.4, 0.5) is 0 Å². The minimum atomic E-state index is -2.60. The van der Waals surface area contributed by atoms with E-state index in [9.17, 15) is 0 Å². The quantitative estimate of drug-likeness (QED) is 0.585. The molecule has 0 aliphatic carbocycles. The first-order valence-electron chi connectivity index (χ1n) is 6.88. The van der Waals surface area contributed by atoms with Crippen LogP contribution in [0.3, 0.4) is 0 Å². The van der Waals surface area contributed by atoms with Crippen LogP contribution in [0.25, 0.3) is 0 Å². The lowest BCUT2D eigenvalue weighted by molar-refractivity contribution is -1.63. The third-order valence-electron chi connectivity index (χ3n) is 2.70. The molecule has 0 spiro atoms. The molecule has 18 heavy (non-hydrogen) atoms. The number of hydrogen-bond donors (Lipinski definition) is 1. The number of methoxy groups -OCH3 is 1. The zero-order valence-electron chi connectivity index (χ0n) is 11.8. The van der Waals surface area contributed by atoms with Crippen LogP contribution >= 0.6 is 0 Å². The standard InChI is InChI=1S/C13H28O.ClHO3/c1-3-4-5-6-7-8-9-10-11-12-13-14-2;2-1(3)4/h3-13H2,1-2H3;2H. The molecule has 1 N–H and O–H groups in total. The molecule has 0 bridgehead atoms. The van der Waals surface area contributed by atoms with Crippen LogP contribution in [0.1, 0.15) is 71.1 Å². The molecule has 0 saturated heterocycles. The molecule has 0 heterocycles. The lowest BCUT2D eigenvalue weighted by Gasteiger charge is -2.01. The lowest BCUT2D eigenvalue weighted by atomic mass is 10.1. The Labute approximate surface area is 115 Å². The average molecular weight is 285 g/mol. The van der Waals surface area contributed by atoms with Gasteiger partial charge in [-0.2, -0.15) is 0 Å². The van der Waals surface area contributed by atoms with Gasteiger partial charge in [-0.05, 0) is 6.42 Å². The van der Waals surface area contributed by atoms with Crippen molar-refractivity contribution in [2.75, 3.05) is 13.7 Å². The fourth-order valence-electron chi connectivity index (χ4n) is 1.73. The predicted molar refractivity (Wildman–Crippen MR) is 65.9 cm³/mol. The van der Waals surface area contributed by atoms with E-state index in [4.69, 9.17) is 18.7 Å². The van der Waals surface area contributed by atoms with Crippen molar-refractivity contribution in [1.29, 1.82) is 0 Å². The Morgan fingerprint density at radius 3 is 1.50 bits per heavy atom. The molecule has 0 rings (SSSR count). The molecule has 0 fully saturated rings. The monoisotopic (exact) mass is 284 g/mol. The first-order chi connectivity index (χ1) is 8.65. The largest absolute Gasteiger partial charge is 0.385 e. The molecule has 0 aliphatic rings. The topological polar surface area (TPSA) is 75.6 Å². The van der Waals surface area contributed by atoms with Gasteiger partial charge in [-0.15, -0.1) is 0 Å². The summed E-state index contributed by atoms with van der Waals surface area (Å²) >= 11 is 0. The van der Waals surface area contributed by atoms with Crippen molar-refractivity contribution in [2.45, 2.75) is 71.1 Å². The maximum Gasteiger partial charge on any atom is 0.282 e. The van der Waals surface area contributed by atoms with Gasteiger partial charge in [-0.25, -0.2) is 0 Å². The van der Waals surface area contributed by atoms with E-state index in [0.717, 1.165) is 6.61 Å². The Morgan fingerprint density at radius 2 is 1.17 bits per heavy atom. The Morgan fingerprint density at radius 1 is 0.833 bits per heavy atom. The summed E-state index contributed by atoms with van der Waals surface area (Å²) in [5.41, 5.74) is 0. The Kier molecular flexibility index (Phi) is 22.1. The van der Waals surface area contributed by atoms with Crippen LogP contribution < -0.4 is 9.32 Å². The van der Waals surface area contributed by atoms with Crippen molar-refractivity contribution in [2.24, 2.45) is 0 Å². The van der Waals surface area contributed by atoms with Crippen LogP contribution in [-0.2, 0) is 4.74 Å². The first kappa shape index (κ1) is 20.4. The smallest absolute Gasteiger partial charge is 0.282 e. The summed E-state index contributed by atoms with van der Waals surface area (Å²) in [6, 6.07) is 0. The van der Waals surface area contributed by atoms with E-state index in [0.29, 0.717) is 0 Å². The van der Waals surface area contributed by atoms with E-state index < -0.39 is 10.8 Å². The second-order valence-electron chi connectivity index (χ2n) is 4.38. The fourth-order valence-corrected chi connectivity index (χ4v) is 1.73. The molecule has 0 atom stereocenters. The second-order valence-corrected chi connectivity index (χ2v) is 4.78. The molecule has 0 aromatic heterocycles. The van der Waals surface area contributed by atoms with Gasteiger partial charge in [0.05, 0.1) is 0 Å². The molecular formula is C13H29ClO4. The van der Waals surface area contributed by atoms with Crippen LogP contribution in [0.5, 0.6) is 0 Å². The van der Waals surface area contributed by atoms with Gasteiger partial charge < -0.3 is 14.1 Å². The zero-order chi connectivity index (χ0) is 14.1. The predicted octanol–water partition coefficient (Wildman–Crippen LogP) is 1.62. The van der Waals surface area contributed by atoms with Gasteiger partial charge in [0.15, 0.2) is 0 Å². The maximum absolute atomic E-state index is 8.52. The number of hydrogen-bond acceptors (Lipinski definition) is 4. The van der Waals surface area contributed by atoms with Crippen LogP contribution in [0.15, 0.2) is 0 Å². The SMILES string of the molecule is CCCCCCCCCCCCOC.[O-][Cl+2]([O-])O. The number of unbranched alkanes of at least 4 members (excludes halogenated alkanes) is 9. The fraction of sp³-hybridized carbons (Fsp3) is 1.00. The molecule has 0 amide bonds. The van der Waals surface area contributed by atoms with Gasteiger partial charge in [-0.1, -0.05) is 64.7 Å². The third kappa shape index (κ3) is 29.8. The molecule has 112 valence electrons. The number of halogens is 1. The van der Waals surface area contributed by atoms with Crippen LogP contribution in [-0.4, -0.2) is 18.4 Å². The summed E-state index contributed by atoms with van der Waals surface area (Å²) in [5, 5.41) is 0. The van der Waals surface area contributed by atoms with Gasteiger partial charge in [-0.3, -0.25) is 0 Å². The summed E-state index contributed by atoms with van der Waals surface area (Å²) in [7, 11) is -0.816. The van der Waals surface area contributed by atoms with E-state index in [1.54, 1.807) is 7.11 Å². The first-order valence-corrected chi connectivity index (χ1v) is 7.84. The van der Waals surface area contributed by atoms with E-state index in [1.165, 1.54) is 64.2 Å². The van der Waals surface area contributed by atoms with Gasteiger partial charge in [0.1, 0.15) is 0 Å². The molecule has 0 radical (unpaired) electrons. The van der Waals surface area contributed by atoms with Crippen molar-refractivity contribution in [3.05, 3.63) is 0 Å². The summed E-state index contributed by atoms with van der Waals surface area (Å²) < 4.78 is 29.0. The highest BCUT2D eigenvalue weighted by atomic mass is 35.6. The minimum Gasteiger partial charge on any atom is -0.385 e. The average Bonchev–Trinajstić information content (AvgIpc) is 2.31. The van der Waals surface area contributed by atoms with Gasteiger partial charge in [0.2, 0.25) is 0 Å². The second kappa shape index (κ2) is 19.5. The lowest BCUT2D eigenvalue weighted by Crippen LogP contribution is -2.30. The van der Waals surface area contributed by atoms with Gasteiger partial charge in [0, 0.05) is 18.4 Å². The molecular weight excluding hydrogens is 256 g/mol. The Hall–Kier alpha value is 0.130. The summed E-state index contributed by atoms with van der Waals surface area (Å²) in [5.74, 6) is 0. The zero-order valence-corrected chi connectivity index (χ0v) is 12.6. The number of ether oxygens (including phenoxy) is 1.